The lowest BCUT2D eigenvalue weighted by Crippen LogP contribution is -2.21. The summed E-state index contributed by atoms with van der Waals surface area (Å²) in [6.07, 6.45) is 5.55. The second-order valence-corrected chi connectivity index (χ2v) is 10.3. The van der Waals surface area contributed by atoms with E-state index in [9.17, 15) is 22.7 Å². The predicted octanol–water partition coefficient (Wildman–Crippen LogP) is 2.60. The molecule has 4 rings (SSSR count). The van der Waals surface area contributed by atoms with Crippen molar-refractivity contribution in [1.82, 2.24) is 4.98 Å². The fourth-order valence-corrected chi connectivity index (χ4v) is 5.50. The number of aromatic nitrogens is 1. The number of ketones is 1. The van der Waals surface area contributed by atoms with Gasteiger partial charge in [-0.2, -0.15) is 0 Å². The molecule has 1 aromatic carbocycles. The van der Waals surface area contributed by atoms with Crippen LogP contribution in [-0.4, -0.2) is 30.0 Å². The third-order valence-corrected chi connectivity index (χ3v) is 7.22. The zero-order valence-electron chi connectivity index (χ0n) is 16.5. The van der Waals surface area contributed by atoms with Crippen LogP contribution in [0.25, 0.3) is 0 Å². The third kappa shape index (κ3) is 3.64. The van der Waals surface area contributed by atoms with E-state index in [1.54, 1.807) is 0 Å². The van der Waals surface area contributed by atoms with Gasteiger partial charge < -0.3 is 9.52 Å². The molecule has 1 aromatic heterocycles. The largest absolute Gasteiger partial charge is 0.436 e. The first-order valence-corrected chi connectivity index (χ1v) is 11.5. The van der Waals surface area contributed by atoms with Crippen LogP contribution >= 0.6 is 0 Å². The molecule has 0 amide bonds. The average Bonchev–Trinajstić information content (AvgIpc) is 3.37. The van der Waals surface area contributed by atoms with E-state index in [4.69, 9.17) is 4.42 Å². The van der Waals surface area contributed by atoms with E-state index in [-0.39, 0.29) is 17.9 Å². The molecule has 0 bridgehead atoms. The summed E-state index contributed by atoms with van der Waals surface area (Å²) in [5, 5.41) is 9.36. The molecule has 2 aliphatic carbocycles. The average molecular weight is 421 g/mol. The van der Waals surface area contributed by atoms with Gasteiger partial charge in [-0.05, 0) is 80.2 Å². The molecule has 0 aliphatic heterocycles. The quantitative estimate of drug-likeness (QED) is 0.770. The van der Waals surface area contributed by atoms with Crippen molar-refractivity contribution in [2.45, 2.75) is 69.6 Å². The Morgan fingerprint density at radius 3 is 2.21 bits per heavy atom. The number of carbonyl (C=O) groups is 1. The van der Waals surface area contributed by atoms with Crippen LogP contribution in [0.5, 0.6) is 0 Å². The van der Waals surface area contributed by atoms with Gasteiger partial charge in [-0.3, -0.25) is 4.79 Å². The maximum atomic E-state index is 14.8. The van der Waals surface area contributed by atoms with Crippen molar-refractivity contribution in [2.24, 2.45) is 0 Å². The second kappa shape index (κ2) is 7.02. The van der Waals surface area contributed by atoms with Crippen LogP contribution in [0.3, 0.4) is 0 Å². The predicted molar refractivity (Wildman–Crippen MR) is 103 cm³/mol. The van der Waals surface area contributed by atoms with Crippen molar-refractivity contribution in [1.29, 1.82) is 0 Å². The van der Waals surface area contributed by atoms with Crippen LogP contribution in [0, 0.1) is 5.82 Å². The van der Waals surface area contributed by atoms with Crippen LogP contribution in [-0.2, 0) is 52.3 Å². The second-order valence-electron chi connectivity index (χ2n) is 8.45. The standard InChI is InChI=1S/C21H24FNO5S/c1-21(2,25)18-10-28-20(23-18)29(26,27)11-12(24)9-17-13-5-3-7-15(13)19(22)16-8-4-6-14(16)17/h10,25H,3-9,11H2,1-2H3. The number of nitrogens with zero attached hydrogens (tertiary/aromatic N) is 1. The van der Waals surface area contributed by atoms with E-state index in [2.05, 4.69) is 4.98 Å². The van der Waals surface area contributed by atoms with Gasteiger partial charge in [0.15, 0.2) is 5.78 Å². The van der Waals surface area contributed by atoms with Crippen molar-refractivity contribution in [3.8, 4) is 0 Å². The van der Waals surface area contributed by atoms with Crippen LogP contribution in [0.2, 0.25) is 0 Å². The number of rotatable bonds is 6. The van der Waals surface area contributed by atoms with Gasteiger partial charge in [-0.25, -0.2) is 17.8 Å². The van der Waals surface area contributed by atoms with E-state index in [1.807, 2.05) is 0 Å². The zero-order chi connectivity index (χ0) is 21.0. The van der Waals surface area contributed by atoms with Gasteiger partial charge in [0.05, 0.1) is 0 Å². The van der Waals surface area contributed by atoms with Crippen molar-refractivity contribution in [3.63, 3.8) is 0 Å². The number of hydrogen-bond acceptors (Lipinski definition) is 6. The van der Waals surface area contributed by atoms with Crippen molar-refractivity contribution in [3.05, 3.63) is 45.6 Å². The summed E-state index contributed by atoms with van der Waals surface area (Å²) in [6, 6.07) is 0. The summed E-state index contributed by atoms with van der Waals surface area (Å²) < 4.78 is 44.9. The molecule has 0 atom stereocenters. The van der Waals surface area contributed by atoms with Gasteiger partial charge in [0.2, 0.25) is 9.84 Å². The maximum absolute atomic E-state index is 14.8. The number of fused-ring (bicyclic) bond motifs is 2. The third-order valence-electron chi connectivity index (χ3n) is 5.80. The highest BCUT2D eigenvalue weighted by atomic mass is 32.2. The number of Topliss-reactive ketones (excluding diaryl/α,β-unsaturated/α-hetero) is 1. The minimum atomic E-state index is -4.07. The molecule has 1 heterocycles. The van der Waals surface area contributed by atoms with Crippen LogP contribution < -0.4 is 0 Å². The van der Waals surface area contributed by atoms with E-state index in [0.29, 0.717) is 24.0 Å². The minimum Gasteiger partial charge on any atom is -0.436 e. The summed E-state index contributed by atoms with van der Waals surface area (Å²) in [5.74, 6) is -1.32. The van der Waals surface area contributed by atoms with Crippen molar-refractivity contribution >= 4 is 15.6 Å². The maximum Gasteiger partial charge on any atom is 0.315 e. The number of benzene rings is 1. The Kier molecular flexibility index (Phi) is 4.90. The van der Waals surface area contributed by atoms with E-state index in [0.717, 1.165) is 48.6 Å². The first-order valence-electron chi connectivity index (χ1n) is 9.84. The number of sulfone groups is 1. The molecule has 156 valence electrons. The molecule has 2 aromatic rings. The van der Waals surface area contributed by atoms with Crippen molar-refractivity contribution in [2.75, 3.05) is 5.75 Å². The molecule has 0 spiro atoms. The van der Waals surface area contributed by atoms with Crippen LogP contribution in [0.1, 0.15) is 60.2 Å². The lowest BCUT2D eigenvalue weighted by Gasteiger charge is -2.16. The number of oxazole rings is 1. The Hall–Kier alpha value is -2.06. The number of carbonyl (C=O) groups excluding carboxylic acids is 1. The smallest absolute Gasteiger partial charge is 0.315 e. The van der Waals surface area contributed by atoms with Gasteiger partial charge >= 0.3 is 5.22 Å². The molecule has 6 nitrogen and oxygen atoms in total. The van der Waals surface area contributed by atoms with Crippen LogP contribution in [0.4, 0.5) is 4.39 Å². The first kappa shape index (κ1) is 20.2. The SMILES string of the molecule is CC(C)(O)c1coc(S(=O)(=O)CC(=O)Cc2c3c(c(F)c4c2CCC4)CCC3)n1. The molecular weight excluding hydrogens is 397 g/mol. The molecular formula is C21H24FNO5S. The molecule has 0 radical (unpaired) electrons. The Labute approximate surface area is 169 Å². The topological polar surface area (TPSA) is 97.5 Å². The van der Waals surface area contributed by atoms with E-state index in [1.165, 1.54) is 13.8 Å². The summed E-state index contributed by atoms with van der Waals surface area (Å²) >= 11 is 0. The highest BCUT2D eigenvalue weighted by molar-refractivity contribution is 7.91. The lowest BCUT2D eigenvalue weighted by atomic mass is 9.90. The lowest BCUT2D eigenvalue weighted by molar-refractivity contribution is -0.116. The molecule has 1 N–H and O–H groups in total. The molecule has 0 fully saturated rings. The van der Waals surface area contributed by atoms with E-state index < -0.39 is 32.2 Å². The number of aliphatic hydroxyl groups is 1. The molecule has 29 heavy (non-hydrogen) atoms. The van der Waals surface area contributed by atoms with Gasteiger partial charge in [0, 0.05) is 6.42 Å². The van der Waals surface area contributed by atoms with E-state index >= 15 is 0 Å². The Morgan fingerprint density at radius 1 is 1.14 bits per heavy atom. The summed E-state index contributed by atoms with van der Waals surface area (Å²) in [7, 11) is -4.07. The normalized spacial score (nSPS) is 16.1. The van der Waals surface area contributed by atoms with Gasteiger partial charge in [-0.15, -0.1) is 0 Å². The van der Waals surface area contributed by atoms with Gasteiger partial charge in [0.25, 0.3) is 0 Å². The minimum absolute atomic E-state index is 0.0246. The summed E-state index contributed by atoms with van der Waals surface area (Å²) in [4.78, 5) is 16.5. The Bertz CT molecular complexity index is 1060. The van der Waals surface area contributed by atoms with Crippen molar-refractivity contribution < 1.29 is 27.1 Å². The Balaban J connectivity index is 1.59. The first-order chi connectivity index (χ1) is 13.6. The van der Waals surface area contributed by atoms with Gasteiger partial charge in [0.1, 0.15) is 29.1 Å². The highest BCUT2D eigenvalue weighted by Crippen LogP contribution is 2.38. The number of halogens is 1. The number of hydrogen-bond donors (Lipinski definition) is 1. The highest BCUT2D eigenvalue weighted by Gasteiger charge is 2.32. The fourth-order valence-electron chi connectivity index (χ4n) is 4.42. The molecule has 0 unspecified atom stereocenters. The monoisotopic (exact) mass is 421 g/mol. The Morgan fingerprint density at radius 2 is 1.69 bits per heavy atom. The zero-order valence-corrected chi connectivity index (χ0v) is 17.4. The fraction of sp³-hybridized carbons (Fsp3) is 0.524. The molecule has 0 saturated carbocycles. The summed E-state index contributed by atoms with van der Waals surface area (Å²) in [5.41, 5.74) is 2.77. The summed E-state index contributed by atoms with van der Waals surface area (Å²) in [6.45, 7) is 2.92. The molecule has 0 saturated heterocycles. The molecule has 8 heteroatoms. The van der Waals surface area contributed by atoms with Gasteiger partial charge in [-0.1, -0.05) is 0 Å². The van der Waals surface area contributed by atoms with Crippen LogP contribution in [0.15, 0.2) is 15.9 Å². The molecule has 2 aliphatic rings.